The van der Waals surface area contributed by atoms with E-state index in [1.54, 1.807) is 7.11 Å². The van der Waals surface area contributed by atoms with Gasteiger partial charge < -0.3 is 9.57 Å². The minimum Gasteiger partial charge on any atom is -0.399 e. The van der Waals surface area contributed by atoms with Crippen molar-refractivity contribution < 1.29 is 9.57 Å². The summed E-state index contributed by atoms with van der Waals surface area (Å²) >= 11 is 0. The van der Waals surface area contributed by atoms with Crippen LogP contribution in [0, 0.1) is 0 Å². The van der Waals surface area contributed by atoms with Gasteiger partial charge >= 0.3 is 0 Å². The van der Waals surface area contributed by atoms with Gasteiger partial charge in [0.2, 0.25) is 0 Å². The van der Waals surface area contributed by atoms with Gasteiger partial charge in [-0.3, -0.25) is 4.90 Å². The molecule has 0 aromatic heterocycles. The molecule has 4 heteroatoms. The molecule has 4 nitrogen and oxygen atoms in total. The second-order valence-corrected chi connectivity index (χ2v) is 3.46. The monoisotopic (exact) mass is 186 g/mol. The van der Waals surface area contributed by atoms with Crippen LogP contribution in [0.3, 0.4) is 0 Å². The van der Waals surface area contributed by atoms with Crippen molar-refractivity contribution in [3.8, 4) is 0 Å². The van der Waals surface area contributed by atoms with E-state index in [1.807, 2.05) is 0 Å². The predicted octanol–water partition coefficient (Wildman–Crippen LogP) is 0.729. The molecule has 0 spiro atoms. The summed E-state index contributed by atoms with van der Waals surface area (Å²) < 4.78 is 5.39. The van der Waals surface area contributed by atoms with E-state index in [0.29, 0.717) is 12.6 Å². The molecule has 1 rings (SSSR count). The van der Waals surface area contributed by atoms with Gasteiger partial charge in [0.05, 0.1) is 18.9 Å². The highest BCUT2D eigenvalue weighted by molar-refractivity contribution is 5.87. The Morgan fingerprint density at radius 2 is 2.31 bits per heavy atom. The fourth-order valence-electron chi connectivity index (χ4n) is 1.36. The molecule has 0 atom stereocenters. The highest BCUT2D eigenvalue weighted by Crippen LogP contribution is 2.02. The van der Waals surface area contributed by atoms with Crippen LogP contribution in [0.1, 0.15) is 13.8 Å². The van der Waals surface area contributed by atoms with Crippen molar-refractivity contribution in [1.82, 2.24) is 4.90 Å². The predicted molar refractivity (Wildman–Crippen MR) is 52.0 cm³/mol. The Morgan fingerprint density at radius 3 is 2.92 bits per heavy atom. The first-order valence-corrected chi connectivity index (χ1v) is 4.64. The van der Waals surface area contributed by atoms with Gasteiger partial charge in [-0.25, -0.2) is 0 Å². The van der Waals surface area contributed by atoms with Gasteiger partial charge in [0.15, 0.2) is 0 Å². The van der Waals surface area contributed by atoms with Crippen molar-refractivity contribution >= 4 is 5.71 Å². The molecular weight excluding hydrogens is 168 g/mol. The fourth-order valence-corrected chi connectivity index (χ4v) is 1.36. The lowest BCUT2D eigenvalue weighted by Gasteiger charge is -2.23. The average molecular weight is 186 g/mol. The molecule has 13 heavy (non-hydrogen) atoms. The average Bonchev–Trinajstić information content (AvgIpc) is 2.30. The summed E-state index contributed by atoms with van der Waals surface area (Å²) in [5.74, 6) is 0. The Bertz CT molecular complexity index is 180. The molecule has 76 valence electrons. The second kappa shape index (κ2) is 5.19. The van der Waals surface area contributed by atoms with Gasteiger partial charge in [-0.15, -0.1) is 0 Å². The first-order valence-electron chi connectivity index (χ1n) is 4.64. The van der Waals surface area contributed by atoms with E-state index in [1.165, 1.54) is 0 Å². The van der Waals surface area contributed by atoms with Crippen molar-refractivity contribution in [3.05, 3.63) is 0 Å². The van der Waals surface area contributed by atoms with Crippen LogP contribution in [0.2, 0.25) is 0 Å². The highest BCUT2D eigenvalue weighted by atomic mass is 16.6. The van der Waals surface area contributed by atoms with Gasteiger partial charge in [-0.05, 0) is 13.8 Å². The van der Waals surface area contributed by atoms with Crippen LogP contribution in [0.15, 0.2) is 5.16 Å². The summed E-state index contributed by atoms with van der Waals surface area (Å²) in [6.07, 6.45) is 0. The number of hydrogen-bond acceptors (Lipinski definition) is 4. The van der Waals surface area contributed by atoms with Crippen molar-refractivity contribution in [3.63, 3.8) is 0 Å². The molecule has 0 aromatic rings. The van der Waals surface area contributed by atoms with E-state index in [4.69, 9.17) is 9.57 Å². The summed E-state index contributed by atoms with van der Waals surface area (Å²) in [6, 6.07) is 0.531. The molecule has 0 saturated carbocycles. The zero-order chi connectivity index (χ0) is 9.68. The normalized spacial score (nSPS) is 23.5. The molecule has 0 unspecified atom stereocenters. The Morgan fingerprint density at radius 1 is 1.54 bits per heavy atom. The summed E-state index contributed by atoms with van der Waals surface area (Å²) in [5, 5.41) is 3.93. The zero-order valence-electron chi connectivity index (χ0n) is 8.62. The Hall–Kier alpha value is -0.610. The maximum Gasteiger partial charge on any atom is 0.106 e. The van der Waals surface area contributed by atoms with Crippen molar-refractivity contribution in [1.29, 1.82) is 0 Å². The molecule has 1 fully saturated rings. The third-order valence-corrected chi connectivity index (χ3v) is 2.13. The summed E-state index contributed by atoms with van der Waals surface area (Å²) in [5.41, 5.74) is 0.966. The number of nitrogens with zero attached hydrogens (tertiary/aromatic N) is 2. The van der Waals surface area contributed by atoms with E-state index in [0.717, 1.165) is 25.4 Å². The van der Waals surface area contributed by atoms with Gasteiger partial charge in [-0.2, -0.15) is 0 Å². The third kappa shape index (κ3) is 3.32. The fraction of sp³-hybridized carbons (Fsp3) is 0.889. The van der Waals surface area contributed by atoms with Crippen molar-refractivity contribution in [2.75, 3.05) is 33.4 Å². The highest BCUT2D eigenvalue weighted by Gasteiger charge is 2.16. The van der Waals surface area contributed by atoms with Crippen LogP contribution in [-0.2, 0) is 9.57 Å². The van der Waals surface area contributed by atoms with Gasteiger partial charge in [0.1, 0.15) is 7.11 Å². The molecule has 1 saturated heterocycles. The summed E-state index contributed by atoms with van der Waals surface area (Å²) in [4.78, 5) is 7.07. The maximum atomic E-state index is 5.39. The smallest absolute Gasteiger partial charge is 0.106 e. The quantitative estimate of drug-likeness (QED) is 0.596. The lowest BCUT2D eigenvalue weighted by atomic mass is 10.3. The molecule has 1 heterocycles. The lowest BCUT2D eigenvalue weighted by Crippen LogP contribution is -2.36. The van der Waals surface area contributed by atoms with E-state index >= 15 is 0 Å². The zero-order valence-corrected chi connectivity index (χ0v) is 8.62. The second-order valence-electron chi connectivity index (χ2n) is 3.46. The number of hydrogen-bond donors (Lipinski definition) is 0. The van der Waals surface area contributed by atoms with Crippen LogP contribution in [-0.4, -0.2) is 50.1 Å². The van der Waals surface area contributed by atoms with Crippen LogP contribution >= 0.6 is 0 Å². The van der Waals surface area contributed by atoms with Crippen molar-refractivity contribution in [2.24, 2.45) is 5.16 Å². The van der Waals surface area contributed by atoms with E-state index in [2.05, 4.69) is 23.9 Å². The van der Waals surface area contributed by atoms with Gasteiger partial charge in [0.25, 0.3) is 0 Å². The molecule has 0 aliphatic carbocycles. The Balaban J connectivity index is 2.54. The molecule has 1 aliphatic rings. The topological polar surface area (TPSA) is 34.1 Å². The van der Waals surface area contributed by atoms with Crippen molar-refractivity contribution in [2.45, 2.75) is 19.9 Å². The van der Waals surface area contributed by atoms with Gasteiger partial charge in [0, 0.05) is 19.1 Å². The molecule has 0 radical (unpaired) electrons. The molecule has 0 N–H and O–H groups in total. The number of rotatable bonds is 2. The van der Waals surface area contributed by atoms with Crippen LogP contribution in [0.4, 0.5) is 0 Å². The van der Waals surface area contributed by atoms with Crippen LogP contribution in [0.5, 0.6) is 0 Å². The molecule has 0 amide bonds. The molecule has 1 aliphatic heterocycles. The van der Waals surface area contributed by atoms with E-state index < -0.39 is 0 Å². The van der Waals surface area contributed by atoms with E-state index in [9.17, 15) is 0 Å². The minimum atomic E-state index is 0.531. The van der Waals surface area contributed by atoms with E-state index in [-0.39, 0.29) is 0 Å². The Labute approximate surface area is 79.5 Å². The van der Waals surface area contributed by atoms with Crippen LogP contribution in [0.25, 0.3) is 0 Å². The number of oxime groups is 1. The standard InChI is InChI=1S/C9H18N2O2/c1-8(2)11-4-5-13-7-9(6-11)10-12-3/h8H,4-7H2,1-3H3/b10-9+. The minimum absolute atomic E-state index is 0.531. The lowest BCUT2D eigenvalue weighted by molar-refractivity contribution is 0.143. The first kappa shape index (κ1) is 10.5. The first-order chi connectivity index (χ1) is 6.24. The summed E-state index contributed by atoms with van der Waals surface area (Å²) in [7, 11) is 1.57. The molecular formula is C9H18N2O2. The van der Waals surface area contributed by atoms with Crippen LogP contribution < -0.4 is 0 Å². The summed E-state index contributed by atoms with van der Waals surface area (Å²) in [6.45, 7) is 7.55. The molecule has 0 bridgehead atoms. The largest absolute Gasteiger partial charge is 0.399 e. The Kier molecular flexibility index (Phi) is 4.18. The maximum absolute atomic E-state index is 5.39. The van der Waals surface area contributed by atoms with Gasteiger partial charge in [-0.1, -0.05) is 5.16 Å². The SMILES string of the molecule is CO/N=C1/COCCN(C(C)C)C1. The number of ether oxygens (including phenoxy) is 1. The third-order valence-electron chi connectivity index (χ3n) is 2.13. The molecule has 0 aromatic carbocycles.